The van der Waals surface area contributed by atoms with Crippen LogP contribution in [-0.2, 0) is 0 Å². The summed E-state index contributed by atoms with van der Waals surface area (Å²) in [6.07, 6.45) is 0. The van der Waals surface area contributed by atoms with E-state index in [0.29, 0.717) is 11.8 Å². The van der Waals surface area contributed by atoms with E-state index in [9.17, 15) is 4.79 Å². The average molecular weight is 214 g/mol. The van der Waals surface area contributed by atoms with Crippen LogP contribution in [0.1, 0.15) is 34.6 Å². The van der Waals surface area contributed by atoms with Gasteiger partial charge in [0, 0.05) is 26.7 Å². The maximum Gasteiger partial charge on any atom is 0.319 e. The Hall–Kier alpha value is -0.730. The molecule has 15 heavy (non-hydrogen) atoms. The molecule has 0 aliphatic carbocycles. The number of hydrogen-bond acceptors (Lipinski definition) is 1. The average Bonchev–Trinajstić information content (AvgIpc) is 2.13. The highest BCUT2D eigenvalue weighted by Crippen LogP contribution is 2.06. The number of urea groups is 1. The maximum atomic E-state index is 12.0. The number of carbonyl (C=O) groups excluding carboxylic acids is 1. The summed E-state index contributed by atoms with van der Waals surface area (Å²) in [6, 6.07) is 0.153. The molecule has 0 saturated carbocycles. The quantitative estimate of drug-likeness (QED) is 0.690. The standard InChI is InChI=1S/C12H26N2O/c1-7-13(6)12(15)14(8-10(2)3)9-11(4)5/h10-11H,7-9H2,1-6H3. The highest BCUT2D eigenvalue weighted by molar-refractivity contribution is 5.74. The van der Waals surface area contributed by atoms with Crippen molar-refractivity contribution in [3.8, 4) is 0 Å². The van der Waals surface area contributed by atoms with E-state index in [2.05, 4.69) is 27.7 Å². The van der Waals surface area contributed by atoms with E-state index in [1.54, 1.807) is 4.90 Å². The van der Waals surface area contributed by atoms with E-state index in [-0.39, 0.29) is 6.03 Å². The molecule has 0 spiro atoms. The third kappa shape index (κ3) is 5.65. The van der Waals surface area contributed by atoms with Crippen LogP contribution in [0.25, 0.3) is 0 Å². The van der Waals surface area contributed by atoms with Crippen molar-refractivity contribution >= 4 is 6.03 Å². The fourth-order valence-corrected chi connectivity index (χ4v) is 1.49. The van der Waals surface area contributed by atoms with E-state index in [1.165, 1.54) is 0 Å². The third-order valence-electron chi connectivity index (χ3n) is 2.24. The molecule has 0 bridgehead atoms. The summed E-state index contributed by atoms with van der Waals surface area (Å²) in [5.74, 6) is 1.05. The molecule has 3 nitrogen and oxygen atoms in total. The molecule has 0 aliphatic rings. The molecular weight excluding hydrogens is 188 g/mol. The second-order valence-electron chi connectivity index (χ2n) is 4.99. The molecule has 0 aromatic rings. The minimum atomic E-state index is 0.153. The van der Waals surface area contributed by atoms with E-state index < -0.39 is 0 Å². The Morgan fingerprint density at radius 2 is 1.47 bits per heavy atom. The summed E-state index contributed by atoms with van der Waals surface area (Å²) in [5, 5.41) is 0. The zero-order chi connectivity index (χ0) is 12.0. The van der Waals surface area contributed by atoms with Gasteiger partial charge in [0.2, 0.25) is 0 Å². The van der Waals surface area contributed by atoms with Gasteiger partial charge in [-0.05, 0) is 18.8 Å². The van der Waals surface area contributed by atoms with E-state index in [0.717, 1.165) is 19.6 Å². The van der Waals surface area contributed by atoms with Crippen LogP contribution >= 0.6 is 0 Å². The smallest absolute Gasteiger partial charge is 0.319 e. The van der Waals surface area contributed by atoms with Gasteiger partial charge in [0.05, 0.1) is 0 Å². The van der Waals surface area contributed by atoms with Crippen LogP contribution < -0.4 is 0 Å². The molecule has 0 heterocycles. The lowest BCUT2D eigenvalue weighted by Crippen LogP contribution is -2.44. The maximum absolute atomic E-state index is 12.0. The van der Waals surface area contributed by atoms with Crippen molar-refractivity contribution in [2.75, 3.05) is 26.7 Å². The van der Waals surface area contributed by atoms with Crippen LogP contribution in [0.3, 0.4) is 0 Å². The fraction of sp³-hybridized carbons (Fsp3) is 0.917. The lowest BCUT2D eigenvalue weighted by Gasteiger charge is -2.30. The van der Waals surface area contributed by atoms with Crippen LogP contribution in [-0.4, -0.2) is 42.5 Å². The summed E-state index contributed by atoms with van der Waals surface area (Å²) in [4.78, 5) is 15.7. The van der Waals surface area contributed by atoms with Crippen molar-refractivity contribution < 1.29 is 4.79 Å². The Kier molecular flexibility index (Phi) is 6.37. The normalized spacial score (nSPS) is 10.9. The van der Waals surface area contributed by atoms with Gasteiger partial charge in [-0.3, -0.25) is 0 Å². The molecule has 0 rings (SSSR count). The van der Waals surface area contributed by atoms with Gasteiger partial charge in [-0.25, -0.2) is 4.79 Å². The number of rotatable bonds is 5. The van der Waals surface area contributed by atoms with Gasteiger partial charge in [-0.2, -0.15) is 0 Å². The van der Waals surface area contributed by atoms with E-state index >= 15 is 0 Å². The Labute approximate surface area is 94.4 Å². The first-order valence-corrected chi connectivity index (χ1v) is 5.88. The molecule has 90 valence electrons. The Bertz CT molecular complexity index is 180. The van der Waals surface area contributed by atoms with Gasteiger partial charge in [-0.1, -0.05) is 27.7 Å². The zero-order valence-electron chi connectivity index (χ0n) is 11.1. The molecule has 3 heteroatoms. The Balaban J connectivity index is 4.40. The van der Waals surface area contributed by atoms with Crippen molar-refractivity contribution in [2.24, 2.45) is 11.8 Å². The molecule has 0 aromatic heterocycles. The second kappa shape index (κ2) is 6.70. The summed E-state index contributed by atoms with van der Waals surface area (Å²) >= 11 is 0. The molecular formula is C12H26N2O. The van der Waals surface area contributed by atoms with Crippen molar-refractivity contribution in [3.05, 3.63) is 0 Å². The van der Waals surface area contributed by atoms with E-state index in [4.69, 9.17) is 0 Å². The zero-order valence-corrected chi connectivity index (χ0v) is 11.1. The van der Waals surface area contributed by atoms with Gasteiger partial charge < -0.3 is 9.80 Å². The van der Waals surface area contributed by atoms with Crippen LogP contribution in [0.2, 0.25) is 0 Å². The highest BCUT2D eigenvalue weighted by Gasteiger charge is 2.18. The van der Waals surface area contributed by atoms with Crippen LogP contribution in [0.15, 0.2) is 0 Å². The van der Waals surface area contributed by atoms with E-state index in [1.807, 2.05) is 18.9 Å². The predicted molar refractivity (Wildman–Crippen MR) is 64.9 cm³/mol. The SMILES string of the molecule is CCN(C)C(=O)N(CC(C)C)CC(C)C. The van der Waals surface area contributed by atoms with Gasteiger partial charge in [0.15, 0.2) is 0 Å². The minimum absolute atomic E-state index is 0.153. The lowest BCUT2D eigenvalue weighted by molar-refractivity contribution is 0.152. The molecule has 0 atom stereocenters. The molecule has 0 radical (unpaired) electrons. The van der Waals surface area contributed by atoms with Gasteiger partial charge >= 0.3 is 6.03 Å². The summed E-state index contributed by atoms with van der Waals surface area (Å²) in [7, 11) is 1.86. The van der Waals surface area contributed by atoms with Crippen molar-refractivity contribution in [2.45, 2.75) is 34.6 Å². The molecule has 0 N–H and O–H groups in total. The highest BCUT2D eigenvalue weighted by atomic mass is 16.2. The third-order valence-corrected chi connectivity index (χ3v) is 2.24. The molecule has 0 fully saturated rings. The van der Waals surface area contributed by atoms with Crippen LogP contribution in [0.4, 0.5) is 4.79 Å². The molecule has 0 aromatic carbocycles. The lowest BCUT2D eigenvalue weighted by atomic mass is 10.1. The number of carbonyl (C=O) groups is 1. The predicted octanol–water partition coefficient (Wildman–Crippen LogP) is 2.67. The van der Waals surface area contributed by atoms with Crippen molar-refractivity contribution in [1.29, 1.82) is 0 Å². The van der Waals surface area contributed by atoms with Crippen LogP contribution in [0.5, 0.6) is 0 Å². The number of nitrogens with zero attached hydrogens (tertiary/aromatic N) is 2. The minimum Gasteiger partial charge on any atom is -0.328 e. The Morgan fingerprint density at radius 1 is 1.07 bits per heavy atom. The first-order chi connectivity index (χ1) is 6.88. The Morgan fingerprint density at radius 3 is 1.73 bits per heavy atom. The van der Waals surface area contributed by atoms with Gasteiger partial charge in [0.25, 0.3) is 0 Å². The number of amides is 2. The first kappa shape index (κ1) is 14.3. The van der Waals surface area contributed by atoms with Gasteiger partial charge in [0.1, 0.15) is 0 Å². The number of hydrogen-bond donors (Lipinski definition) is 0. The fourth-order valence-electron chi connectivity index (χ4n) is 1.49. The first-order valence-electron chi connectivity index (χ1n) is 5.88. The van der Waals surface area contributed by atoms with Crippen molar-refractivity contribution in [3.63, 3.8) is 0 Å². The molecule has 0 unspecified atom stereocenters. The monoisotopic (exact) mass is 214 g/mol. The summed E-state index contributed by atoms with van der Waals surface area (Å²) < 4.78 is 0. The largest absolute Gasteiger partial charge is 0.328 e. The molecule has 0 saturated heterocycles. The van der Waals surface area contributed by atoms with Crippen LogP contribution in [0, 0.1) is 11.8 Å². The summed E-state index contributed by atoms with van der Waals surface area (Å²) in [5.41, 5.74) is 0. The summed E-state index contributed by atoms with van der Waals surface area (Å²) in [6.45, 7) is 13.0. The second-order valence-corrected chi connectivity index (χ2v) is 4.99. The molecule has 2 amide bonds. The van der Waals surface area contributed by atoms with Crippen molar-refractivity contribution in [1.82, 2.24) is 9.80 Å². The molecule has 0 aliphatic heterocycles. The van der Waals surface area contributed by atoms with Gasteiger partial charge in [-0.15, -0.1) is 0 Å². The topological polar surface area (TPSA) is 23.6 Å².